The predicted octanol–water partition coefficient (Wildman–Crippen LogP) is 5.04. The van der Waals surface area contributed by atoms with Crippen LogP contribution in [0.5, 0.6) is 0 Å². The second-order valence-electron chi connectivity index (χ2n) is 10.1. The van der Waals surface area contributed by atoms with Gasteiger partial charge in [-0.3, -0.25) is 9.59 Å². The predicted molar refractivity (Wildman–Crippen MR) is 139 cm³/mol. The van der Waals surface area contributed by atoms with E-state index in [1.54, 1.807) is 23.1 Å². The standard InChI is InChI=1S/C28H29F4N5O3/c29-21-7-3-2-6-20(21)26(39)34-19-10-14-36(15-11-19)23-9-8-18(17-33-23)16-22(38)24-25(28(30,31)32)35-27(40-24)37-12-4-1-5-13-37/h2-3,6-9,17,19H,1,4-5,10-16H2,(H,34,39). The van der Waals surface area contributed by atoms with E-state index in [0.29, 0.717) is 50.4 Å². The molecular formula is C28H29F4N5O3. The molecule has 40 heavy (non-hydrogen) atoms. The number of aromatic nitrogens is 2. The third kappa shape index (κ3) is 6.26. The summed E-state index contributed by atoms with van der Waals surface area (Å²) in [5.74, 6) is -1.97. The Morgan fingerprint density at radius 2 is 1.70 bits per heavy atom. The quantitative estimate of drug-likeness (QED) is 0.320. The maximum Gasteiger partial charge on any atom is 0.437 e. The maximum absolute atomic E-state index is 13.9. The summed E-state index contributed by atoms with van der Waals surface area (Å²) in [6, 6.07) is 8.91. The van der Waals surface area contributed by atoms with E-state index in [9.17, 15) is 27.2 Å². The van der Waals surface area contributed by atoms with Gasteiger partial charge in [0.25, 0.3) is 11.9 Å². The topological polar surface area (TPSA) is 91.6 Å². The SMILES string of the molecule is O=C(NC1CCN(c2ccc(CC(=O)c3oc(N4CCCCC4)nc3C(F)(F)F)cn2)CC1)c1ccccc1F. The summed E-state index contributed by atoms with van der Waals surface area (Å²) >= 11 is 0. The van der Waals surface area contributed by atoms with Crippen molar-refractivity contribution >= 4 is 23.5 Å². The monoisotopic (exact) mass is 559 g/mol. The van der Waals surface area contributed by atoms with Gasteiger partial charge in [-0.05, 0) is 55.9 Å². The van der Waals surface area contributed by atoms with Gasteiger partial charge in [-0.2, -0.15) is 18.2 Å². The lowest BCUT2D eigenvalue weighted by molar-refractivity contribution is -0.141. The van der Waals surface area contributed by atoms with Crippen LogP contribution in [0.1, 0.15) is 64.3 Å². The van der Waals surface area contributed by atoms with E-state index in [2.05, 4.69) is 15.3 Å². The highest BCUT2D eigenvalue weighted by atomic mass is 19.4. The normalized spacial score (nSPS) is 16.7. The van der Waals surface area contributed by atoms with Crippen LogP contribution in [-0.4, -0.2) is 53.9 Å². The number of benzene rings is 1. The van der Waals surface area contributed by atoms with Gasteiger partial charge >= 0.3 is 6.18 Å². The van der Waals surface area contributed by atoms with E-state index < -0.39 is 35.1 Å². The summed E-state index contributed by atoms with van der Waals surface area (Å²) in [5.41, 5.74) is -0.843. The number of rotatable bonds is 7. The number of hydrogen-bond donors (Lipinski definition) is 1. The van der Waals surface area contributed by atoms with Crippen LogP contribution in [0.4, 0.5) is 29.4 Å². The van der Waals surface area contributed by atoms with Gasteiger partial charge in [0.1, 0.15) is 11.6 Å². The molecule has 212 valence electrons. The van der Waals surface area contributed by atoms with E-state index in [1.165, 1.54) is 24.4 Å². The van der Waals surface area contributed by atoms with Crippen molar-refractivity contribution in [3.63, 3.8) is 0 Å². The number of hydrogen-bond acceptors (Lipinski definition) is 7. The van der Waals surface area contributed by atoms with Crippen LogP contribution < -0.4 is 15.1 Å². The zero-order chi connectivity index (χ0) is 28.3. The van der Waals surface area contributed by atoms with Crippen molar-refractivity contribution in [3.8, 4) is 0 Å². The first kappa shape index (κ1) is 27.6. The lowest BCUT2D eigenvalue weighted by Crippen LogP contribution is -2.45. The average molecular weight is 560 g/mol. The number of alkyl halides is 3. The number of nitrogens with one attached hydrogen (secondary N) is 1. The number of anilines is 2. The molecule has 12 heteroatoms. The summed E-state index contributed by atoms with van der Waals surface area (Å²) in [6.07, 6.45) is 0.244. The highest BCUT2D eigenvalue weighted by Crippen LogP contribution is 2.35. The molecular weight excluding hydrogens is 530 g/mol. The molecule has 1 amide bonds. The Morgan fingerprint density at radius 1 is 0.975 bits per heavy atom. The Labute approximate surface area is 228 Å². The van der Waals surface area contributed by atoms with Gasteiger partial charge in [0.15, 0.2) is 5.69 Å². The zero-order valence-electron chi connectivity index (χ0n) is 21.7. The van der Waals surface area contributed by atoms with Gasteiger partial charge < -0.3 is 19.5 Å². The third-order valence-electron chi connectivity index (χ3n) is 7.21. The first-order valence-corrected chi connectivity index (χ1v) is 13.3. The number of Topliss-reactive ketones (excluding diaryl/α,β-unsaturated/α-hetero) is 1. The molecule has 0 saturated carbocycles. The van der Waals surface area contributed by atoms with Crippen molar-refractivity contribution in [1.82, 2.24) is 15.3 Å². The van der Waals surface area contributed by atoms with Gasteiger partial charge in [-0.1, -0.05) is 18.2 Å². The fraction of sp³-hybridized carbons (Fsp3) is 0.429. The molecule has 0 radical (unpaired) electrons. The van der Waals surface area contributed by atoms with E-state index in [0.717, 1.165) is 19.3 Å². The van der Waals surface area contributed by atoms with Crippen LogP contribution in [0.15, 0.2) is 47.0 Å². The van der Waals surface area contributed by atoms with Crippen molar-refractivity contribution in [1.29, 1.82) is 0 Å². The molecule has 0 spiro atoms. The number of carbonyl (C=O) groups is 2. The third-order valence-corrected chi connectivity index (χ3v) is 7.21. The highest BCUT2D eigenvalue weighted by molar-refractivity contribution is 5.96. The van der Waals surface area contributed by atoms with Crippen molar-refractivity contribution in [2.45, 2.75) is 50.7 Å². The van der Waals surface area contributed by atoms with E-state index in [1.807, 2.05) is 4.90 Å². The zero-order valence-corrected chi connectivity index (χ0v) is 21.7. The number of halogens is 4. The Bertz CT molecular complexity index is 1340. The van der Waals surface area contributed by atoms with Crippen LogP contribution in [0, 0.1) is 5.82 Å². The van der Waals surface area contributed by atoms with Crippen LogP contribution in [0.2, 0.25) is 0 Å². The van der Waals surface area contributed by atoms with Gasteiger partial charge in [0.05, 0.1) is 5.56 Å². The van der Waals surface area contributed by atoms with E-state index in [-0.39, 0.29) is 24.0 Å². The maximum atomic E-state index is 13.9. The molecule has 4 heterocycles. The van der Waals surface area contributed by atoms with E-state index in [4.69, 9.17) is 4.42 Å². The van der Waals surface area contributed by atoms with Gasteiger partial charge in [0, 0.05) is 44.8 Å². The smallest absolute Gasteiger partial charge is 0.420 e. The Hall–Kier alpha value is -3.96. The highest BCUT2D eigenvalue weighted by Gasteiger charge is 2.41. The lowest BCUT2D eigenvalue weighted by Gasteiger charge is -2.33. The lowest BCUT2D eigenvalue weighted by atomic mass is 10.0. The number of nitrogens with zero attached hydrogens (tertiary/aromatic N) is 4. The molecule has 8 nitrogen and oxygen atoms in total. The largest absolute Gasteiger partial charge is 0.437 e. The number of oxazole rings is 1. The Kier molecular flexibility index (Phi) is 8.04. The molecule has 0 bridgehead atoms. The average Bonchev–Trinajstić information content (AvgIpc) is 3.42. The minimum Gasteiger partial charge on any atom is -0.420 e. The van der Waals surface area contributed by atoms with Crippen molar-refractivity contribution in [3.05, 3.63) is 71.0 Å². The molecule has 5 rings (SSSR count). The second kappa shape index (κ2) is 11.6. The molecule has 1 N–H and O–H groups in total. The molecule has 2 aromatic heterocycles. The molecule has 2 fully saturated rings. The minimum atomic E-state index is -4.81. The summed E-state index contributed by atoms with van der Waals surface area (Å²) in [7, 11) is 0. The second-order valence-corrected chi connectivity index (χ2v) is 10.1. The minimum absolute atomic E-state index is 0.00661. The molecule has 2 aliphatic heterocycles. The molecule has 3 aromatic rings. The van der Waals surface area contributed by atoms with Crippen LogP contribution >= 0.6 is 0 Å². The first-order chi connectivity index (χ1) is 19.2. The fourth-order valence-electron chi connectivity index (χ4n) is 5.05. The number of ketones is 1. The first-order valence-electron chi connectivity index (χ1n) is 13.3. The molecule has 0 unspecified atom stereocenters. The van der Waals surface area contributed by atoms with Gasteiger partial charge in [-0.15, -0.1) is 0 Å². The summed E-state index contributed by atoms with van der Waals surface area (Å²) < 4.78 is 60.2. The van der Waals surface area contributed by atoms with Crippen molar-refractivity contribution in [2.75, 3.05) is 36.0 Å². The number of pyridine rings is 1. The van der Waals surface area contributed by atoms with Crippen LogP contribution in [0.25, 0.3) is 0 Å². The Balaban J connectivity index is 1.18. The van der Waals surface area contributed by atoms with Crippen LogP contribution in [0.3, 0.4) is 0 Å². The molecule has 0 aliphatic carbocycles. The number of carbonyl (C=O) groups excluding carboxylic acids is 2. The van der Waals surface area contributed by atoms with Crippen molar-refractivity contribution < 1.29 is 31.6 Å². The van der Waals surface area contributed by atoms with Gasteiger partial charge in [0.2, 0.25) is 11.5 Å². The van der Waals surface area contributed by atoms with E-state index >= 15 is 0 Å². The summed E-state index contributed by atoms with van der Waals surface area (Å²) in [5, 5.41) is 2.87. The van der Waals surface area contributed by atoms with Crippen LogP contribution in [-0.2, 0) is 12.6 Å². The molecule has 2 saturated heterocycles. The van der Waals surface area contributed by atoms with Crippen molar-refractivity contribution in [2.24, 2.45) is 0 Å². The summed E-state index contributed by atoms with van der Waals surface area (Å²) in [6.45, 7) is 2.26. The summed E-state index contributed by atoms with van der Waals surface area (Å²) in [4.78, 5) is 36.9. The molecule has 1 aromatic carbocycles. The number of piperidine rings is 2. The molecule has 2 aliphatic rings. The Morgan fingerprint density at radius 3 is 2.35 bits per heavy atom. The number of amides is 1. The van der Waals surface area contributed by atoms with Gasteiger partial charge in [-0.25, -0.2) is 9.37 Å². The fourth-order valence-corrected chi connectivity index (χ4v) is 5.05. The molecule has 0 atom stereocenters.